The number of rotatable bonds is 4. The van der Waals surface area contributed by atoms with Crippen molar-refractivity contribution >= 4 is 0 Å². The second-order valence-electron chi connectivity index (χ2n) is 3.73. The zero-order valence-corrected chi connectivity index (χ0v) is 9.91. The predicted octanol–water partition coefficient (Wildman–Crippen LogP) is 1.04. The normalized spacial score (nSPS) is 10.5. The van der Waals surface area contributed by atoms with Gasteiger partial charge in [-0.25, -0.2) is 4.79 Å². The topological polar surface area (TPSA) is 76.6 Å². The average molecular weight is 250 g/mol. The van der Waals surface area contributed by atoms with Crippen LogP contribution in [0.2, 0.25) is 0 Å². The van der Waals surface area contributed by atoms with Crippen molar-refractivity contribution < 1.29 is 15.1 Å². The minimum atomic E-state index is -0.736. The molecule has 6 heteroatoms. The SMILES string of the molecule is CCOc1c(O)n(O)c(=O)n1Cc1ccccc1. The van der Waals surface area contributed by atoms with Crippen LogP contribution in [0.15, 0.2) is 35.1 Å². The Labute approximate surface area is 103 Å². The number of ether oxygens (including phenoxy) is 1. The molecule has 96 valence electrons. The number of imidazole rings is 1. The largest absolute Gasteiger partial charge is 0.489 e. The van der Waals surface area contributed by atoms with Gasteiger partial charge in [-0.15, -0.1) is 0 Å². The molecule has 0 saturated carbocycles. The quantitative estimate of drug-likeness (QED) is 0.795. The molecule has 0 radical (unpaired) electrons. The van der Waals surface area contributed by atoms with Gasteiger partial charge < -0.3 is 15.1 Å². The predicted molar refractivity (Wildman–Crippen MR) is 64.3 cm³/mol. The van der Waals surface area contributed by atoms with Gasteiger partial charge in [0.15, 0.2) is 0 Å². The second kappa shape index (κ2) is 4.87. The van der Waals surface area contributed by atoms with Crippen LogP contribution in [0, 0.1) is 0 Å². The Morgan fingerprint density at radius 2 is 1.94 bits per heavy atom. The summed E-state index contributed by atoms with van der Waals surface area (Å²) in [5.74, 6) is -0.619. The lowest BCUT2D eigenvalue weighted by atomic mass is 10.2. The van der Waals surface area contributed by atoms with Crippen LogP contribution in [-0.4, -0.2) is 26.2 Å². The first kappa shape index (κ1) is 12.1. The lowest BCUT2D eigenvalue weighted by Gasteiger charge is -2.07. The van der Waals surface area contributed by atoms with E-state index >= 15 is 0 Å². The van der Waals surface area contributed by atoms with E-state index in [2.05, 4.69) is 0 Å². The van der Waals surface area contributed by atoms with Gasteiger partial charge in [0.1, 0.15) is 0 Å². The minimum Gasteiger partial charge on any atom is -0.489 e. The Morgan fingerprint density at radius 3 is 2.56 bits per heavy atom. The number of hydrogen-bond donors (Lipinski definition) is 2. The van der Waals surface area contributed by atoms with E-state index in [0.29, 0.717) is 0 Å². The number of nitrogens with zero attached hydrogens (tertiary/aromatic N) is 2. The number of aromatic hydroxyl groups is 1. The van der Waals surface area contributed by atoms with Gasteiger partial charge in [0.25, 0.3) is 11.8 Å². The smallest absolute Gasteiger partial charge is 0.367 e. The molecule has 0 amide bonds. The number of benzene rings is 1. The van der Waals surface area contributed by atoms with Gasteiger partial charge in [0, 0.05) is 0 Å². The molecule has 0 aliphatic heterocycles. The van der Waals surface area contributed by atoms with Gasteiger partial charge in [0.05, 0.1) is 13.2 Å². The molecule has 0 aliphatic rings. The lowest BCUT2D eigenvalue weighted by molar-refractivity contribution is 0.142. The van der Waals surface area contributed by atoms with Crippen LogP contribution >= 0.6 is 0 Å². The molecule has 1 aromatic carbocycles. The van der Waals surface area contributed by atoms with Crippen molar-refractivity contribution in [2.45, 2.75) is 13.5 Å². The highest BCUT2D eigenvalue weighted by atomic mass is 16.5. The standard InChI is InChI=1S/C12H14N2O4/c1-2-18-11-10(15)14(17)12(16)13(11)8-9-6-4-3-5-7-9/h3-7,15,17H,2,8H2,1H3. The molecule has 1 heterocycles. The first-order chi connectivity index (χ1) is 8.65. The van der Waals surface area contributed by atoms with Crippen LogP contribution in [0.1, 0.15) is 12.5 Å². The third kappa shape index (κ3) is 2.04. The maximum atomic E-state index is 11.7. The zero-order valence-electron chi connectivity index (χ0n) is 9.91. The Morgan fingerprint density at radius 1 is 1.28 bits per heavy atom. The van der Waals surface area contributed by atoms with Crippen molar-refractivity contribution in [2.75, 3.05) is 6.61 Å². The third-order valence-electron chi connectivity index (χ3n) is 2.51. The summed E-state index contributed by atoms with van der Waals surface area (Å²) in [5, 5.41) is 18.9. The van der Waals surface area contributed by atoms with E-state index < -0.39 is 11.6 Å². The molecule has 1 aromatic heterocycles. The van der Waals surface area contributed by atoms with Crippen LogP contribution in [0.25, 0.3) is 0 Å². The van der Waals surface area contributed by atoms with Crippen LogP contribution in [0.3, 0.4) is 0 Å². The summed E-state index contributed by atoms with van der Waals surface area (Å²) in [7, 11) is 0. The zero-order chi connectivity index (χ0) is 13.1. The molecule has 0 bridgehead atoms. The monoisotopic (exact) mass is 250 g/mol. The van der Waals surface area contributed by atoms with Gasteiger partial charge in [-0.1, -0.05) is 35.1 Å². The molecule has 0 unspecified atom stereocenters. The highest BCUT2D eigenvalue weighted by molar-refractivity contribution is 5.28. The second-order valence-corrected chi connectivity index (χ2v) is 3.73. The Balaban J connectivity index is 2.44. The van der Waals surface area contributed by atoms with E-state index in [1.165, 1.54) is 4.57 Å². The summed E-state index contributed by atoms with van der Waals surface area (Å²) in [4.78, 5) is 11.7. The maximum absolute atomic E-state index is 11.7. The minimum absolute atomic E-state index is 0.0335. The van der Waals surface area contributed by atoms with Gasteiger partial charge in [0.2, 0.25) is 0 Å². The molecule has 2 rings (SSSR count). The van der Waals surface area contributed by atoms with E-state index in [1.807, 2.05) is 30.3 Å². The van der Waals surface area contributed by atoms with Crippen molar-refractivity contribution in [3.63, 3.8) is 0 Å². The fraction of sp³-hybridized carbons (Fsp3) is 0.250. The van der Waals surface area contributed by atoms with Crippen molar-refractivity contribution in [3.05, 3.63) is 46.4 Å². The summed E-state index contributed by atoms with van der Waals surface area (Å²) in [6, 6.07) is 9.24. The third-order valence-corrected chi connectivity index (χ3v) is 2.51. The molecule has 2 N–H and O–H groups in total. The van der Waals surface area contributed by atoms with E-state index in [9.17, 15) is 15.1 Å². The van der Waals surface area contributed by atoms with E-state index in [1.54, 1.807) is 6.92 Å². The highest BCUT2D eigenvalue weighted by Crippen LogP contribution is 2.24. The van der Waals surface area contributed by atoms with Gasteiger partial charge in [-0.3, -0.25) is 4.57 Å². The first-order valence-corrected chi connectivity index (χ1v) is 5.55. The Kier molecular flexibility index (Phi) is 3.27. The first-order valence-electron chi connectivity index (χ1n) is 5.55. The van der Waals surface area contributed by atoms with Crippen LogP contribution in [-0.2, 0) is 6.54 Å². The van der Waals surface area contributed by atoms with E-state index in [-0.39, 0.29) is 23.8 Å². The molecule has 6 nitrogen and oxygen atoms in total. The molecule has 2 aromatic rings. The molecular formula is C12H14N2O4. The van der Waals surface area contributed by atoms with Crippen molar-refractivity contribution in [1.82, 2.24) is 9.30 Å². The molecule has 18 heavy (non-hydrogen) atoms. The fourth-order valence-electron chi connectivity index (χ4n) is 1.69. The van der Waals surface area contributed by atoms with Crippen molar-refractivity contribution in [2.24, 2.45) is 0 Å². The van der Waals surface area contributed by atoms with E-state index in [0.717, 1.165) is 5.56 Å². The number of hydrogen-bond acceptors (Lipinski definition) is 4. The molecule has 0 fully saturated rings. The maximum Gasteiger partial charge on any atom is 0.367 e. The lowest BCUT2D eigenvalue weighted by Crippen LogP contribution is -2.23. The van der Waals surface area contributed by atoms with Gasteiger partial charge in [-0.2, -0.15) is 0 Å². The summed E-state index contributed by atoms with van der Waals surface area (Å²) in [6.07, 6.45) is 0. The molecule has 0 atom stereocenters. The Bertz CT molecular complexity index is 586. The summed E-state index contributed by atoms with van der Waals surface area (Å²) < 4.78 is 6.52. The summed E-state index contributed by atoms with van der Waals surface area (Å²) in [5.41, 5.74) is 0.131. The Hall–Kier alpha value is -2.37. The van der Waals surface area contributed by atoms with Crippen LogP contribution in [0.4, 0.5) is 0 Å². The van der Waals surface area contributed by atoms with Crippen LogP contribution < -0.4 is 10.4 Å². The van der Waals surface area contributed by atoms with Gasteiger partial charge in [-0.05, 0) is 12.5 Å². The highest BCUT2D eigenvalue weighted by Gasteiger charge is 2.20. The average Bonchev–Trinajstić information content (AvgIpc) is 2.58. The summed E-state index contributed by atoms with van der Waals surface area (Å²) >= 11 is 0. The molecule has 0 spiro atoms. The molecular weight excluding hydrogens is 236 g/mol. The van der Waals surface area contributed by atoms with Crippen molar-refractivity contribution in [3.8, 4) is 11.8 Å². The fourth-order valence-corrected chi connectivity index (χ4v) is 1.69. The molecule has 0 saturated heterocycles. The summed E-state index contributed by atoms with van der Waals surface area (Å²) in [6.45, 7) is 2.23. The van der Waals surface area contributed by atoms with Gasteiger partial charge >= 0.3 is 5.69 Å². The van der Waals surface area contributed by atoms with E-state index in [4.69, 9.17) is 4.74 Å². The molecule has 0 aliphatic carbocycles. The van der Waals surface area contributed by atoms with Crippen LogP contribution in [0.5, 0.6) is 11.8 Å². The number of aromatic nitrogens is 2. The van der Waals surface area contributed by atoms with Crippen molar-refractivity contribution in [1.29, 1.82) is 0 Å².